The molecule has 0 aromatic carbocycles. The minimum absolute atomic E-state index is 0.239. The molecule has 0 amide bonds. The summed E-state index contributed by atoms with van der Waals surface area (Å²) >= 11 is 0. The van der Waals surface area contributed by atoms with Crippen molar-refractivity contribution >= 4 is 0 Å². The van der Waals surface area contributed by atoms with Crippen LogP contribution >= 0.6 is 0 Å². The predicted molar refractivity (Wildman–Crippen MR) is 83.7 cm³/mol. The molecular formula is C16H30N4. The molecule has 0 atom stereocenters. The normalized spacial score (nSPS) is 18.6. The Bertz CT molecular complexity index is 397. The van der Waals surface area contributed by atoms with Crippen molar-refractivity contribution in [3.05, 3.63) is 18.2 Å². The Kier molecular flexibility index (Phi) is 5.22. The van der Waals surface area contributed by atoms with Gasteiger partial charge in [0.25, 0.3) is 0 Å². The molecule has 1 N–H and O–H groups in total. The van der Waals surface area contributed by atoms with E-state index in [9.17, 15) is 0 Å². The summed E-state index contributed by atoms with van der Waals surface area (Å²) in [6, 6.07) is 0. The van der Waals surface area contributed by atoms with Crippen molar-refractivity contribution in [1.82, 2.24) is 19.8 Å². The van der Waals surface area contributed by atoms with Crippen LogP contribution in [0.1, 0.15) is 46.4 Å². The number of nitrogens with zero attached hydrogens (tertiary/aromatic N) is 3. The minimum Gasteiger partial charge on any atom is -0.334 e. The first-order chi connectivity index (χ1) is 9.48. The first-order valence-electron chi connectivity index (χ1n) is 7.95. The molecule has 1 aromatic rings. The highest BCUT2D eigenvalue weighted by Crippen LogP contribution is 2.19. The zero-order valence-corrected chi connectivity index (χ0v) is 13.5. The van der Waals surface area contributed by atoms with Crippen LogP contribution in [0.4, 0.5) is 0 Å². The molecular weight excluding hydrogens is 248 g/mol. The van der Waals surface area contributed by atoms with E-state index in [1.54, 1.807) is 0 Å². The molecule has 1 aliphatic heterocycles. The highest BCUT2D eigenvalue weighted by atomic mass is 15.2. The van der Waals surface area contributed by atoms with Gasteiger partial charge >= 0.3 is 0 Å². The number of aryl methyl sites for hydroxylation is 1. The second kappa shape index (κ2) is 6.72. The smallest absolute Gasteiger partial charge is 0.122 e. The van der Waals surface area contributed by atoms with E-state index in [0.29, 0.717) is 0 Å². The van der Waals surface area contributed by atoms with Gasteiger partial charge in [0.15, 0.2) is 0 Å². The molecule has 1 saturated heterocycles. The average molecular weight is 278 g/mol. The van der Waals surface area contributed by atoms with Gasteiger partial charge in [0.05, 0.1) is 6.54 Å². The maximum absolute atomic E-state index is 4.48. The molecule has 4 heteroatoms. The zero-order chi connectivity index (χ0) is 14.6. The maximum atomic E-state index is 4.48. The fraction of sp³-hybridized carbons (Fsp3) is 0.812. The van der Waals surface area contributed by atoms with Crippen molar-refractivity contribution in [1.29, 1.82) is 0 Å². The summed E-state index contributed by atoms with van der Waals surface area (Å²) < 4.78 is 2.24. The van der Waals surface area contributed by atoms with E-state index in [-0.39, 0.29) is 5.54 Å². The van der Waals surface area contributed by atoms with Crippen LogP contribution in [0, 0.1) is 5.92 Å². The van der Waals surface area contributed by atoms with Crippen LogP contribution in [0.25, 0.3) is 0 Å². The second-order valence-corrected chi connectivity index (χ2v) is 6.98. The average Bonchev–Trinajstić information content (AvgIpc) is 2.84. The Morgan fingerprint density at radius 2 is 2.00 bits per heavy atom. The molecule has 1 aromatic heterocycles. The Labute approximate surface area is 123 Å². The Hall–Kier alpha value is -0.870. The first kappa shape index (κ1) is 15.5. The van der Waals surface area contributed by atoms with Gasteiger partial charge in [0.1, 0.15) is 5.82 Å². The Balaban J connectivity index is 1.74. The minimum atomic E-state index is 0.239. The van der Waals surface area contributed by atoms with Crippen LogP contribution in [0.3, 0.4) is 0 Å². The van der Waals surface area contributed by atoms with E-state index >= 15 is 0 Å². The maximum Gasteiger partial charge on any atom is 0.122 e. The van der Waals surface area contributed by atoms with Crippen LogP contribution < -0.4 is 5.32 Å². The van der Waals surface area contributed by atoms with Crippen LogP contribution in [0.5, 0.6) is 0 Å². The summed E-state index contributed by atoms with van der Waals surface area (Å²) in [6.07, 6.45) is 6.60. The van der Waals surface area contributed by atoms with Crippen molar-refractivity contribution in [3.8, 4) is 0 Å². The molecule has 114 valence electrons. The largest absolute Gasteiger partial charge is 0.334 e. The number of imidazole rings is 1. The summed E-state index contributed by atoms with van der Waals surface area (Å²) in [6.45, 7) is 14.5. The zero-order valence-electron chi connectivity index (χ0n) is 13.5. The molecule has 2 heterocycles. The van der Waals surface area contributed by atoms with E-state index in [1.807, 2.05) is 6.20 Å². The van der Waals surface area contributed by atoms with Gasteiger partial charge in [-0.3, -0.25) is 4.90 Å². The van der Waals surface area contributed by atoms with Crippen molar-refractivity contribution in [3.63, 3.8) is 0 Å². The predicted octanol–water partition coefficient (Wildman–Crippen LogP) is 2.50. The standard InChI is InChI=1S/C16H30N4/c1-5-20-11-8-17-15(20)13-19-9-6-14(7-10-19)12-18-16(2,3)4/h8,11,14,18H,5-7,9-10,12-13H2,1-4H3. The fourth-order valence-corrected chi connectivity index (χ4v) is 2.78. The van der Waals surface area contributed by atoms with Crippen LogP contribution in [0.15, 0.2) is 12.4 Å². The van der Waals surface area contributed by atoms with Gasteiger partial charge in [-0.2, -0.15) is 0 Å². The van der Waals surface area contributed by atoms with Gasteiger partial charge in [-0.25, -0.2) is 4.98 Å². The fourth-order valence-electron chi connectivity index (χ4n) is 2.78. The monoisotopic (exact) mass is 278 g/mol. The van der Waals surface area contributed by atoms with Crippen molar-refractivity contribution < 1.29 is 0 Å². The van der Waals surface area contributed by atoms with Crippen LogP contribution in [-0.2, 0) is 13.1 Å². The molecule has 1 fully saturated rings. The Morgan fingerprint density at radius 3 is 2.60 bits per heavy atom. The third-order valence-corrected chi connectivity index (χ3v) is 4.14. The van der Waals surface area contributed by atoms with Crippen LogP contribution in [0.2, 0.25) is 0 Å². The summed E-state index contributed by atoms with van der Waals surface area (Å²) in [4.78, 5) is 7.02. The lowest BCUT2D eigenvalue weighted by atomic mass is 9.95. The molecule has 0 unspecified atom stereocenters. The van der Waals surface area contributed by atoms with Gasteiger partial charge in [-0.05, 0) is 66.1 Å². The summed E-state index contributed by atoms with van der Waals surface area (Å²) in [5, 5.41) is 3.64. The third-order valence-electron chi connectivity index (χ3n) is 4.14. The van der Waals surface area contributed by atoms with E-state index < -0.39 is 0 Å². The van der Waals surface area contributed by atoms with E-state index in [4.69, 9.17) is 0 Å². The van der Waals surface area contributed by atoms with E-state index in [1.165, 1.54) is 31.8 Å². The van der Waals surface area contributed by atoms with E-state index in [0.717, 1.165) is 25.6 Å². The molecule has 0 bridgehead atoms. The molecule has 4 nitrogen and oxygen atoms in total. The van der Waals surface area contributed by atoms with Gasteiger partial charge < -0.3 is 9.88 Å². The topological polar surface area (TPSA) is 33.1 Å². The lowest BCUT2D eigenvalue weighted by Crippen LogP contribution is -2.42. The highest BCUT2D eigenvalue weighted by molar-refractivity contribution is 4.93. The lowest BCUT2D eigenvalue weighted by molar-refractivity contribution is 0.165. The van der Waals surface area contributed by atoms with Gasteiger partial charge in [-0.1, -0.05) is 0 Å². The van der Waals surface area contributed by atoms with Crippen molar-refractivity contribution in [2.75, 3.05) is 19.6 Å². The van der Waals surface area contributed by atoms with Gasteiger partial charge in [0, 0.05) is 24.5 Å². The van der Waals surface area contributed by atoms with Gasteiger partial charge in [-0.15, -0.1) is 0 Å². The molecule has 20 heavy (non-hydrogen) atoms. The molecule has 0 aliphatic carbocycles. The number of likely N-dealkylation sites (tertiary alicyclic amines) is 1. The number of nitrogens with one attached hydrogen (secondary N) is 1. The summed E-state index contributed by atoms with van der Waals surface area (Å²) in [5.74, 6) is 2.04. The summed E-state index contributed by atoms with van der Waals surface area (Å²) in [5.41, 5.74) is 0.239. The Morgan fingerprint density at radius 1 is 1.30 bits per heavy atom. The number of rotatable bonds is 5. The molecule has 2 rings (SSSR count). The van der Waals surface area contributed by atoms with Crippen molar-refractivity contribution in [2.24, 2.45) is 5.92 Å². The van der Waals surface area contributed by atoms with Gasteiger partial charge in [0.2, 0.25) is 0 Å². The second-order valence-electron chi connectivity index (χ2n) is 6.98. The third kappa shape index (κ3) is 4.60. The SMILES string of the molecule is CCn1ccnc1CN1CCC(CNC(C)(C)C)CC1. The molecule has 0 saturated carbocycles. The summed E-state index contributed by atoms with van der Waals surface area (Å²) in [7, 11) is 0. The van der Waals surface area contributed by atoms with E-state index in [2.05, 4.69) is 53.7 Å². The number of hydrogen-bond donors (Lipinski definition) is 1. The quantitative estimate of drug-likeness (QED) is 0.898. The molecule has 0 spiro atoms. The number of hydrogen-bond acceptors (Lipinski definition) is 3. The van der Waals surface area contributed by atoms with Crippen LogP contribution in [-0.4, -0.2) is 39.6 Å². The molecule has 0 radical (unpaired) electrons. The van der Waals surface area contributed by atoms with Crippen molar-refractivity contribution in [2.45, 2.75) is 59.2 Å². The highest BCUT2D eigenvalue weighted by Gasteiger charge is 2.21. The number of piperidine rings is 1. The first-order valence-corrected chi connectivity index (χ1v) is 7.95. The molecule has 1 aliphatic rings. The number of aromatic nitrogens is 2. The lowest BCUT2D eigenvalue weighted by Gasteiger charge is -2.33.